The Bertz CT molecular complexity index is 1020. The Morgan fingerprint density at radius 1 is 1.13 bits per heavy atom. The minimum Gasteiger partial charge on any atom is -0.493 e. The quantitative estimate of drug-likeness (QED) is 0.493. The molecule has 6 nitrogen and oxygen atoms in total. The number of nitrogens with zero attached hydrogens (tertiary/aromatic N) is 3. The molecule has 6 heteroatoms. The van der Waals surface area contributed by atoms with E-state index in [1.807, 2.05) is 63.2 Å². The smallest absolute Gasteiger partial charge is 0.226 e. The lowest BCUT2D eigenvalue weighted by molar-refractivity contribution is -0.130. The maximum Gasteiger partial charge on any atom is 0.226 e. The van der Waals surface area contributed by atoms with Crippen LogP contribution in [0.15, 0.2) is 36.4 Å². The van der Waals surface area contributed by atoms with Crippen LogP contribution in [0, 0.1) is 6.92 Å². The van der Waals surface area contributed by atoms with Gasteiger partial charge in [0.1, 0.15) is 11.6 Å². The highest BCUT2D eigenvalue weighted by Crippen LogP contribution is 2.27. The molecular weight excluding hydrogens is 388 g/mol. The number of rotatable bonds is 10. The first kappa shape index (κ1) is 22.7. The van der Waals surface area contributed by atoms with E-state index in [4.69, 9.17) is 4.74 Å². The van der Waals surface area contributed by atoms with E-state index in [2.05, 4.69) is 27.9 Å². The first-order valence-electron chi connectivity index (χ1n) is 11.1. The molecule has 31 heavy (non-hydrogen) atoms. The second kappa shape index (κ2) is 10.3. The molecule has 0 unspecified atom stereocenters. The highest BCUT2D eigenvalue weighted by atomic mass is 16.5. The molecule has 2 aromatic carbocycles. The van der Waals surface area contributed by atoms with E-state index in [-0.39, 0.29) is 5.91 Å². The molecule has 0 aliphatic heterocycles. The summed E-state index contributed by atoms with van der Waals surface area (Å²) in [6.07, 6.45) is 2.11. The van der Waals surface area contributed by atoms with Crippen LogP contribution in [-0.4, -0.2) is 54.6 Å². The van der Waals surface area contributed by atoms with Gasteiger partial charge < -0.3 is 19.5 Å². The summed E-state index contributed by atoms with van der Waals surface area (Å²) in [5.74, 6) is 2.04. The van der Waals surface area contributed by atoms with Crippen molar-refractivity contribution in [3.05, 3.63) is 53.3 Å². The van der Waals surface area contributed by atoms with Gasteiger partial charge in [0.25, 0.3) is 0 Å². The van der Waals surface area contributed by atoms with Gasteiger partial charge in [-0.1, -0.05) is 12.1 Å². The molecule has 0 radical (unpaired) electrons. The van der Waals surface area contributed by atoms with Crippen LogP contribution in [0.3, 0.4) is 0 Å². The molecule has 0 spiro atoms. The van der Waals surface area contributed by atoms with Gasteiger partial charge in [0.2, 0.25) is 5.91 Å². The van der Waals surface area contributed by atoms with Crippen LogP contribution in [0.2, 0.25) is 0 Å². The number of benzene rings is 2. The zero-order chi connectivity index (χ0) is 22.4. The number of aryl methyl sites for hydroxylation is 1. The van der Waals surface area contributed by atoms with Crippen molar-refractivity contribution in [2.24, 2.45) is 0 Å². The van der Waals surface area contributed by atoms with E-state index >= 15 is 0 Å². The SMILES string of the molecule is CCN(CC)C(=O)Cc1ccc2nc(CCCOc3cccc(N(C)C)c3C)[nH]c2c1. The fourth-order valence-corrected chi connectivity index (χ4v) is 3.87. The second-order valence-corrected chi connectivity index (χ2v) is 8.02. The summed E-state index contributed by atoms with van der Waals surface area (Å²) >= 11 is 0. The number of H-pyrrole nitrogens is 1. The second-order valence-electron chi connectivity index (χ2n) is 8.02. The number of amides is 1. The zero-order valence-electron chi connectivity index (χ0n) is 19.4. The van der Waals surface area contributed by atoms with Gasteiger partial charge in [-0.25, -0.2) is 4.98 Å². The van der Waals surface area contributed by atoms with Crippen molar-refractivity contribution in [2.45, 2.75) is 40.0 Å². The van der Waals surface area contributed by atoms with Crippen molar-refractivity contribution in [1.29, 1.82) is 0 Å². The topological polar surface area (TPSA) is 61.5 Å². The Morgan fingerprint density at radius 2 is 1.90 bits per heavy atom. The van der Waals surface area contributed by atoms with Gasteiger partial charge in [-0.3, -0.25) is 4.79 Å². The molecule has 0 saturated heterocycles. The Kier molecular flexibility index (Phi) is 7.55. The summed E-state index contributed by atoms with van der Waals surface area (Å²) < 4.78 is 6.02. The number of aromatic amines is 1. The minimum atomic E-state index is 0.162. The normalized spacial score (nSPS) is 11.0. The van der Waals surface area contributed by atoms with E-state index in [0.29, 0.717) is 13.0 Å². The minimum absolute atomic E-state index is 0.162. The maximum atomic E-state index is 12.4. The molecule has 3 rings (SSSR count). The molecule has 1 N–H and O–H groups in total. The number of likely N-dealkylation sites (N-methyl/N-ethyl adjacent to an activating group) is 1. The summed E-state index contributed by atoms with van der Waals surface area (Å²) in [7, 11) is 4.08. The van der Waals surface area contributed by atoms with Crippen molar-refractivity contribution in [2.75, 3.05) is 38.7 Å². The van der Waals surface area contributed by atoms with Crippen LogP contribution in [0.5, 0.6) is 5.75 Å². The van der Waals surface area contributed by atoms with E-state index in [1.54, 1.807) is 0 Å². The zero-order valence-corrected chi connectivity index (χ0v) is 19.4. The van der Waals surface area contributed by atoms with Gasteiger partial charge >= 0.3 is 0 Å². The molecule has 0 aliphatic carbocycles. The average molecular weight is 423 g/mol. The van der Waals surface area contributed by atoms with Crippen LogP contribution in [0.4, 0.5) is 5.69 Å². The lowest BCUT2D eigenvalue weighted by Crippen LogP contribution is -2.31. The molecule has 0 fully saturated rings. The molecule has 1 heterocycles. The molecule has 3 aromatic rings. The van der Waals surface area contributed by atoms with Gasteiger partial charge in [-0.05, 0) is 57.0 Å². The summed E-state index contributed by atoms with van der Waals surface area (Å²) in [6.45, 7) is 8.23. The van der Waals surface area contributed by atoms with Crippen molar-refractivity contribution in [1.82, 2.24) is 14.9 Å². The maximum absolute atomic E-state index is 12.4. The predicted octanol–water partition coefficient (Wildman–Crippen LogP) is 4.36. The predicted molar refractivity (Wildman–Crippen MR) is 127 cm³/mol. The number of aromatic nitrogens is 2. The standard InChI is InChI=1S/C25H34N4O2/c1-6-29(7-2)25(30)17-19-13-14-20-21(16-19)27-24(26-20)12-9-15-31-23-11-8-10-22(18(23)3)28(4)5/h8,10-11,13-14,16H,6-7,9,12,15,17H2,1-5H3,(H,26,27). The third-order valence-corrected chi connectivity index (χ3v) is 5.62. The number of carbonyl (C=O) groups is 1. The highest BCUT2D eigenvalue weighted by molar-refractivity contribution is 5.81. The van der Waals surface area contributed by atoms with Crippen LogP contribution >= 0.6 is 0 Å². The fraction of sp³-hybridized carbons (Fsp3) is 0.440. The summed E-state index contributed by atoms with van der Waals surface area (Å²) in [5, 5.41) is 0. The van der Waals surface area contributed by atoms with Crippen molar-refractivity contribution in [3.8, 4) is 5.75 Å². The number of imidazole rings is 1. The highest BCUT2D eigenvalue weighted by Gasteiger charge is 2.12. The van der Waals surface area contributed by atoms with Crippen molar-refractivity contribution < 1.29 is 9.53 Å². The number of carbonyl (C=O) groups excluding carboxylic acids is 1. The lowest BCUT2D eigenvalue weighted by Gasteiger charge is -2.18. The first-order chi connectivity index (χ1) is 14.9. The number of fused-ring (bicyclic) bond motifs is 1. The Balaban J connectivity index is 1.57. The summed E-state index contributed by atoms with van der Waals surface area (Å²) in [5.41, 5.74) is 5.26. The number of ether oxygens (including phenoxy) is 1. The molecule has 0 aliphatic rings. The fourth-order valence-electron chi connectivity index (χ4n) is 3.87. The summed E-state index contributed by atoms with van der Waals surface area (Å²) in [4.78, 5) is 24.4. The van der Waals surface area contributed by atoms with E-state index < -0.39 is 0 Å². The monoisotopic (exact) mass is 422 g/mol. The van der Waals surface area contributed by atoms with Gasteiger partial charge in [-0.15, -0.1) is 0 Å². The lowest BCUT2D eigenvalue weighted by atomic mass is 10.1. The Morgan fingerprint density at radius 3 is 2.61 bits per heavy atom. The van der Waals surface area contributed by atoms with Gasteiger partial charge in [0.15, 0.2) is 0 Å². The van der Waals surface area contributed by atoms with Crippen LogP contribution in [0.1, 0.15) is 37.2 Å². The average Bonchev–Trinajstić information content (AvgIpc) is 3.15. The van der Waals surface area contributed by atoms with Gasteiger partial charge in [-0.2, -0.15) is 0 Å². The third kappa shape index (κ3) is 5.57. The van der Waals surface area contributed by atoms with Crippen molar-refractivity contribution >= 4 is 22.6 Å². The van der Waals surface area contributed by atoms with E-state index in [9.17, 15) is 4.79 Å². The molecule has 166 valence electrons. The Labute approximate surface area is 185 Å². The van der Waals surface area contributed by atoms with Crippen molar-refractivity contribution in [3.63, 3.8) is 0 Å². The molecule has 1 aromatic heterocycles. The number of nitrogens with one attached hydrogen (secondary N) is 1. The van der Waals surface area contributed by atoms with E-state index in [0.717, 1.165) is 59.7 Å². The largest absolute Gasteiger partial charge is 0.493 e. The number of anilines is 1. The molecule has 0 atom stereocenters. The third-order valence-electron chi connectivity index (χ3n) is 5.62. The van der Waals surface area contributed by atoms with Crippen LogP contribution < -0.4 is 9.64 Å². The van der Waals surface area contributed by atoms with Gasteiger partial charge in [0, 0.05) is 44.9 Å². The molecular formula is C25H34N4O2. The number of hydrogen-bond acceptors (Lipinski definition) is 4. The number of hydrogen-bond donors (Lipinski definition) is 1. The molecule has 1 amide bonds. The van der Waals surface area contributed by atoms with E-state index in [1.165, 1.54) is 5.69 Å². The van der Waals surface area contributed by atoms with Gasteiger partial charge in [0.05, 0.1) is 24.1 Å². The Hall–Kier alpha value is -3.02. The molecule has 0 bridgehead atoms. The van der Waals surface area contributed by atoms with Crippen LogP contribution in [0.25, 0.3) is 11.0 Å². The summed E-state index contributed by atoms with van der Waals surface area (Å²) in [6, 6.07) is 12.2. The van der Waals surface area contributed by atoms with Crippen LogP contribution in [-0.2, 0) is 17.6 Å². The first-order valence-corrected chi connectivity index (χ1v) is 11.1. The molecule has 0 saturated carbocycles.